The van der Waals surface area contributed by atoms with Gasteiger partial charge in [0.2, 0.25) is 0 Å². The molecule has 2 rings (SSSR count). The molecule has 0 spiro atoms. The maximum absolute atomic E-state index is 6.02. The molecule has 3 heteroatoms. The molecule has 1 aliphatic carbocycles. The highest BCUT2D eigenvalue weighted by molar-refractivity contribution is 6.34. The van der Waals surface area contributed by atoms with Gasteiger partial charge in [0.15, 0.2) is 0 Å². The Bertz CT molecular complexity index is 318. The number of hydrogen-bond donors (Lipinski definition) is 1. The number of nitrogens with two attached hydrogens (primary N) is 1. The zero-order chi connectivity index (χ0) is 10.1. The van der Waals surface area contributed by atoms with Gasteiger partial charge in [0, 0.05) is 16.1 Å². The van der Waals surface area contributed by atoms with Crippen molar-refractivity contribution in [2.75, 3.05) is 0 Å². The maximum atomic E-state index is 6.02. The summed E-state index contributed by atoms with van der Waals surface area (Å²) in [5.74, 6) is 0.436. The SMILES string of the molecule is NC1CCCC1c1cc(Cl)cc(Cl)c1. The molecule has 2 N–H and O–H groups in total. The van der Waals surface area contributed by atoms with E-state index in [1.165, 1.54) is 12.0 Å². The van der Waals surface area contributed by atoms with Crippen molar-refractivity contribution in [1.82, 2.24) is 0 Å². The Labute approximate surface area is 94.2 Å². The van der Waals surface area contributed by atoms with Gasteiger partial charge in [-0.15, -0.1) is 0 Å². The molecule has 0 radical (unpaired) electrons. The van der Waals surface area contributed by atoms with Crippen LogP contribution in [0.1, 0.15) is 30.7 Å². The Kier molecular flexibility index (Phi) is 3.01. The second-order valence-electron chi connectivity index (χ2n) is 3.90. The monoisotopic (exact) mass is 229 g/mol. The summed E-state index contributed by atoms with van der Waals surface area (Å²) in [6, 6.07) is 5.98. The number of hydrogen-bond acceptors (Lipinski definition) is 1. The van der Waals surface area contributed by atoms with Gasteiger partial charge in [0.05, 0.1) is 0 Å². The topological polar surface area (TPSA) is 26.0 Å². The molecule has 0 aromatic heterocycles. The molecule has 14 heavy (non-hydrogen) atoms. The van der Waals surface area contributed by atoms with Crippen molar-refractivity contribution in [3.63, 3.8) is 0 Å². The van der Waals surface area contributed by atoms with E-state index in [-0.39, 0.29) is 6.04 Å². The van der Waals surface area contributed by atoms with Gasteiger partial charge in [0.1, 0.15) is 0 Å². The van der Waals surface area contributed by atoms with Gasteiger partial charge in [-0.3, -0.25) is 0 Å². The van der Waals surface area contributed by atoms with Crippen molar-refractivity contribution in [2.45, 2.75) is 31.2 Å². The number of rotatable bonds is 1. The lowest BCUT2D eigenvalue weighted by atomic mass is 9.95. The van der Waals surface area contributed by atoms with Crippen molar-refractivity contribution < 1.29 is 0 Å². The zero-order valence-corrected chi connectivity index (χ0v) is 9.35. The van der Waals surface area contributed by atoms with Gasteiger partial charge >= 0.3 is 0 Å². The summed E-state index contributed by atoms with van der Waals surface area (Å²) >= 11 is 11.9. The van der Waals surface area contributed by atoms with Gasteiger partial charge in [-0.25, -0.2) is 0 Å². The van der Waals surface area contributed by atoms with Crippen molar-refractivity contribution >= 4 is 23.2 Å². The lowest BCUT2D eigenvalue weighted by Crippen LogP contribution is -2.22. The smallest absolute Gasteiger partial charge is 0.0423 e. The fraction of sp³-hybridized carbons (Fsp3) is 0.455. The number of benzene rings is 1. The minimum Gasteiger partial charge on any atom is -0.327 e. The van der Waals surface area contributed by atoms with Crippen LogP contribution < -0.4 is 5.73 Å². The fourth-order valence-electron chi connectivity index (χ4n) is 2.19. The molecule has 0 amide bonds. The van der Waals surface area contributed by atoms with E-state index in [9.17, 15) is 0 Å². The second kappa shape index (κ2) is 4.09. The molecule has 76 valence electrons. The van der Waals surface area contributed by atoms with Crippen LogP contribution in [0.2, 0.25) is 10.0 Å². The first-order valence-corrected chi connectivity index (χ1v) is 5.64. The van der Waals surface area contributed by atoms with Crippen LogP contribution in [0.25, 0.3) is 0 Å². The van der Waals surface area contributed by atoms with E-state index in [2.05, 4.69) is 0 Å². The van der Waals surface area contributed by atoms with E-state index in [1.807, 2.05) is 12.1 Å². The second-order valence-corrected chi connectivity index (χ2v) is 4.78. The molecule has 1 aromatic carbocycles. The van der Waals surface area contributed by atoms with Crippen LogP contribution >= 0.6 is 23.2 Å². The Morgan fingerprint density at radius 2 is 1.71 bits per heavy atom. The standard InChI is InChI=1S/C11H13Cl2N/c12-8-4-7(5-9(13)6-8)10-2-1-3-11(10)14/h4-6,10-11H,1-3,14H2. The molecule has 0 heterocycles. The van der Waals surface area contributed by atoms with E-state index in [4.69, 9.17) is 28.9 Å². The minimum atomic E-state index is 0.268. The summed E-state index contributed by atoms with van der Waals surface area (Å²) in [7, 11) is 0. The summed E-state index contributed by atoms with van der Waals surface area (Å²) in [6.07, 6.45) is 3.46. The number of halogens is 2. The summed E-state index contributed by atoms with van der Waals surface area (Å²) in [5.41, 5.74) is 7.21. The Balaban J connectivity index is 2.31. The van der Waals surface area contributed by atoms with E-state index in [1.54, 1.807) is 6.07 Å². The highest BCUT2D eigenvalue weighted by Gasteiger charge is 2.25. The lowest BCUT2D eigenvalue weighted by molar-refractivity contribution is 0.613. The highest BCUT2D eigenvalue weighted by atomic mass is 35.5. The molecule has 2 atom stereocenters. The van der Waals surface area contributed by atoms with Crippen LogP contribution in [0.3, 0.4) is 0 Å². The van der Waals surface area contributed by atoms with Crippen LogP contribution in [0, 0.1) is 0 Å². The van der Waals surface area contributed by atoms with Crippen molar-refractivity contribution in [2.24, 2.45) is 5.73 Å². The van der Waals surface area contributed by atoms with Crippen LogP contribution in [0.4, 0.5) is 0 Å². The first-order valence-electron chi connectivity index (χ1n) is 4.88. The van der Waals surface area contributed by atoms with Crippen molar-refractivity contribution in [1.29, 1.82) is 0 Å². The third kappa shape index (κ3) is 2.05. The predicted octanol–water partition coefficient (Wildman–Crippen LogP) is 3.59. The summed E-state index contributed by atoms with van der Waals surface area (Å²) in [4.78, 5) is 0. The molecule has 1 nitrogen and oxygen atoms in total. The molecule has 2 unspecified atom stereocenters. The lowest BCUT2D eigenvalue weighted by Gasteiger charge is -2.16. The first-order chi connectivity index (χ1) is 6.66. The van der Waals surface area contributed by atoms with Gasteiger partial charge in [-0.1, -0.05) is 29.6 Å². The van der Waals surface area contributed by atoms with Crippen LogP contribution in [-0.4, -0.2) is 6.04 Å². The van der Waals surface area contributed by atoms with Crippen LogP contribution in [-0.2, 0) is 0 Å². The van der Waals surface area contributed by atoms with Crippen LogP contribution in [0.5, 0.6) is 0 Å². The molecule has 1 fully saturated rings. The van der Waals surface area contributed by atoms with Gasteiger partial charge in [-0.05, 0) is 42.5 Å². The predicted molar refractivity (Wildman–Crippen MR) is 61.0 cm³/mol. The highest BCUT2D eigenvalue weighted by Crippen LogP contribution is 2.35. The normalized spacial score (nSPS) is 26.8. The zero-order valence-electron chi connectivity index (χ0n) is 7.84. The Morgan fingerprint density at radius 1 is 1.07 bits per heavy atom. The molecule has 1 aliphatic rings. The molecule has 1 aromatic rings. The third-order valence-electron chi connectivity index (χ3n) is 2.88. The molecule has 0 bridgehead atoms. The van der Waals surface area contributed by atoms with Crippen LogP contribution in [0.15, 0.2) is 18.2 Å². The largest absolute Gasteiger partial charge is 0.327 e. The molecule has 0 aliphatic heterocycles. The summed E-state index contributed by atoms with van der Waals surface area (Å²) in [6.45, 7) is 0. The Morgan fingerprint density at radius 3 is 2.21 bits per heavy atom. The van der Waals surface area contributed by atoms with Crippen molar-refractivity contribution in [3.05, 3.63) is 33.8 Å². The van der Waals surface area contributed by atoms with Gasteiger partial charge in [0.25, 0.3) is 0 Å². The minimum absolute atomic E-state index is 0.268. The molecular weight excluding hydrogens is 217 g/mol. The van der Waals surface area contributed by atoms with E-state index in [0.717, 1.165) is 12.8 Å². The average Bonchev–Trinajstić information content (AvgIpc) is 2.49. The third-order valence-corrected chi connectivity index (χ3v) is 3.32. The van der Waals surface area contributed by atoms with Gasteiger partial charge in [-0.2, -0.15) is 0 Å². The van der Waals surface area contributed by atoms with Gasteiger partial charge < -0.3 is 5.73 Å². The first kappa shape index (κ1) is 10.3. The Hall–Kier alpha value is -0.240. The molecular formula is C11H13Cl2N. The summed E-state index contributed by atoms with van der Waals surface area (Å²) in [5, 5.41) is 1.40. The fourth-order valence-corrected chi connectivity index (χ4v) is 2.73. The van der Waals surface area contributed by atoms with E-state index >= 15 is 0 Å². The summed E-state index contributed by atoms with van der Waals surface area (Å²) < 4.78 is 0. The molecule has 0 saturated heterocycles. The van der Waals surface area contributed by atoms with Crippen molar-refractivity contribution in [3.8, 4) is 0 Å². The quantitative estimate of drug-likeness (QED) is 0.783. The van der Waals surface area contributed by atoms with E-state index < -0.39 is 0 Å². The average molecular weight is 230 g/mol. The van der Waals surface area contributed by atoms with E-state index in [0.29, 0.717) is 16.0 Å². The maximum Gasteiger partial charge on any atom is 0.0423 e. The molecule has 1 saturated carbocycles.